The van der Waals surface area contributed by atoms with Crippen LogP contribution in [0.2, 0.25) is 0 Å². The largest absolute Gasteiger partial charge is 0.465 e. The van der Waals surface area contributed by atoms with E-state index in [-0.39, 0.29) is 42.4 Å². The first-order valence-corrected chi connectivity index (χ1v) is 13.2. The number of hydrogen-bond acceptors (Lipinski definition) is 6. The highest BCUT2D eigenvalue weighted by Gasteiger charge is 2.23. The molecule has 3 aromatic heterocycles. The van der Waals surface area contributed by atoms with E-state index < -0.39 is 29.4 Å². The number of pyridine rings is 2. The van der Waals surface area contributed by atoms with Gasteiger partial charge in [-0.25, -0.2) is 14.2 Å². The number of fused-ring (bicyclic) bond motifs is 1. The summed E-state index contributed by atoms with van der Waals surface area (Å²) < 4.78 is 15.9. The smallest absolute Gasteiger partial charge is 0.405 e. The Labute approximate surface area is 236 Å². The molecule has 13 heteroatoms. The lowest BCUT2D eigenvalue weighted by Gasteiger charge is -2.18. The minimum absolute atomic E-state index is 0.0219. The number of anilines is 1. The first-order valence-electron chi connectivity index (χ1n) is 13.2. The molecule has 41 heavy (non-hydrogen) atoms. The van der Waals surface area contributed by atoms with Crippen molar-refractivity contribution in [2.75, 3.05) is 19.4 Å². The number of aromatic nitrogens is 4. The van der Waals surface area contributed by atoms with Crippen LogP contribution in [0.4, 0.5) is 14.9 Å². The Morgan fingerprint density at radius 3 is 2.59 bits per heavy atom. The number of carbonyl (C=O) groups is 3. The Bertz CT molecular complexity index is 1540. The molecule has 3 amide bonds. The fourth-order valence-electron chi connectivity index (χ4n) is 4.24. The summed E-state index contributed by atoms with van der Waals surface area (Å²) in [4.78, 5) is 62.6. The van der Waals surface area contributed by atoms with E-state index in [2.05, 4.69) is 25.6 Å². The second-order valence-corrected chi connectivity index (χ2v) is 10.5. The number of H-pyrrole nitrogens is 1. The summed E-state index contributed by atoms with van der Waals surface area (Å²) in [7, 11) is 3.19. The highest BCUT2D eigenvalue weighted by Crippen LogP contribution is 2.21. The van der Waals surface area contributed by atoms with Gasteiger partial charge in [-0.2, -0.15) is 0 Å². The molecule has 0 aromatic carbocycles. The molecular weight excluding hydrogens is 533 g/mol. The molecule has 3 aromatic rings. The van der Waals surface area contributed by atoms with Gasteiger partial charge in [0, 0.05) is 19.8 Å². The maximum Gasteiger partial charge on any atom is 0.405 e. The predicted octanol–water partition coefficient (Wildman–Crippen LogP) is 3.12. The summed E-state index contributed by atoms with van der Waals surface area (Å²) >= 11 is 0. The molecule has 0 aliphatic rings. The number of amides is 3. The van der Waals surface area contributed by atoms with Crippen LogP contribution in [0, 0.1) is 25.6 Å². The zero-order valence-electron chi connectivity index (χ0n) is 24.0. The molecule has 3 heterocycles. The molecule has 0 spiro atoms. The molecule has 0 bridgehead atoms. The Balaban J connectivity index is 1.87. The highest BCUT2D eigenvalue weighted by atomic mass is 19.1. The average Bonchev–Trinajstić information content (AvgIpc) is 3.33. The van der Waals surface area contributed by atoms with E-state index in [9.17, 15) is 28.7 Å². The number of rotatable bonds is 11. The number of allylic oxidation sites excluding steroid dienone is 1. The molecule has 0 saturated carbocycles. The highest BCUT2D eigenvalue weighted by molar-refractivity contribution is 5.96. The van der Waals surface area contributed by atoms with Gasteiger partial charge in [0.15, 0.2) is 5.82 Å². The van der Waals surface area contributed by atoms with Crippen LogP contribution in [-0.2, 0) is 22.6 Å². The molecule has 220 valence electrons. The number of imidazole rings is 1. The van der Waals surface area contributed by atoms with E-state index in [1.165, 1.54) is 21.6 Å². The van der Waals surface area contributed by atoms with Crippen molar-refractivity contribution < 1.29 is 23.9 Å². The summed E-state index contributed by atoms with van der Waals surface area (Å²) in [6.45, 7) is 7.54. The Morgan fingerprint density at radius 1 is 1.24 bits per heavy atom. The number of nitrogens with one attached hydrogen (secondary N) is 3. The molecule has 0 fully saturated rings. The van der Waals surface area contributed by atoms with E-state index in [4.69, 9.17) is 0 Å². The van der Waals surface area contributed by atoms with Crippen LogP contribution in [0.15, 0.2) is 29.2 Å². The molecular formula is C28H36FN7O5. The SMILES string of the molecule is Cc1cc(NC(=O)[C@H](CC/C=C/C(=O)N(C)C)NC(=O)O)c(=O)n(Cc2nc3c(F)cnc(CC(C)C)c3[nH]2)c1C. The normalized spacial score (nSPS) is 12.2. The molecule has 0 radical (unpaired) electrons. The molecule has 0 unspecified atom stereocenters. The van der Waals surface area contributed by atoms with Crippen molar-refractivity contribution in [3.05, 3.63) is 63.4 Å². The van der Waals surface area contributed by atoms with Crippen LogP contribution < -0.4 is 16.2 Å². The molecule has 0 aliphatic carbocycles. The van der Waals surface area contributed by atoms with Gasteiger partial charge >= 0.3 is 6.09 Å². The van der Waals surface area contributed by atoms with Gasteiger partial charge in [-0.05, 0) is 56.7 Å². The third-order valence-corrected chi connectivity index (χ3v) is 6.52. The van der Waals surface area contributed by atoms with Crippen LogP contribution in [-0.4, -0.2) is 67.6 Å². The number of carboxylic acid groups (broad SMARTS) is 1. The van der Waals surface area contributed by atoms with Crippen molar-refractivity contribution in [1.29, 1.82) is 0 Å². The van der Waals surface area contributed by atoms with Crippen LogP contribution in [0.5, 0.6) is 0 Å². The number of halogens is 1. The summed E-state index contributed by atoms with van der Waals surface area (Å²) in [6, 6.07) is 0.342. The molecule has 0 saturated heterocycles. The van der Waals surface area contributed by atoms with Gasteiger partial charge in [0.05, 0.1) is 24.0 Å². The zero-order chi connectivity index (χ0) is 30.4. The molecule has 12 nitrogen and oxygen atoms in total. The van der Waals surface area contributed by atoms with E-state index in [1.807, 2.05) is 13.8 Å². The molecule has 1 atom stereocenters. The second kappa shape index (κ2) is 13.2. The Morgan fingerprint density at radius 2 is 1.95 bits per heavy atom. The fraction of sp³-hybridized carbons (Fsp3) is 0.429. The van der Waals surface area contributed by atoms with Crippen LogP contribution >= 0.6 is 0 Å². The predicted molar refractivity (Wildman–Crippen MR) is 152 cm³/mol. The van der Waals surface area contributed by atoms with Gasteiger partial charge in [-0.15, -0.1) is 0 Å². The topological polar surface area (TPSA) is 162 Å². The lowest BCUT2D eigenvalue weighted by Crippen LogP contribution is -2.44. The Kier molecular flexibility index (Phi) is 9.98. The van der Waals surface area contributed by atoms with E-state index in [0.29, 0.717) is 34.7 Å². The van der Waals surface area contributed by atoms with Gasteiger partial charge < -0.3 is 30.2 Å². The lowest BCUT2D eigenvalue weighted by molar-refractivity contribution is -0.123. The number of hydrogen-bond donors (Lipinski definition) is 4. The van der Waals surface area contributed by atoms with Gasteiger partial charge in [-0.1, -0.05) is 19.9 Å². The number of aryl methyl sites for hydroxylation is 1. The van der Waals surface area contributed by atoms with Gasteiger partial charge in [0.25, 0.3) is 5.56 Å². The second-order valence-electron chi connectivity index (χ2n) is 10.5. The quantitative estimate of drug-likeness (QED) is 0.258. The van der Waals surface area contributed by atoms with Crippen molar-refractivity contribution in [3.63, 3.8) is 0 Å². The van der Waals surface area contributed by atoms with Gasteiger partial charge in [0.1, 0.15) is 23.1 Å². The Hall–Kier alpha value is -4.55. The van der Waals surface area contributed by atoms with E-state index in [1.54, 1.807) is 34.0 Å². The first-order chi connectivity index (χ1) is 19.3. The third-order valence-electron chi connectivity index (χ3n) is 6.52. The zero-order valence-corrected chi connectivity index (χ0v) is 24.0. The van der Waals surface area contributed by atoms with Crippen molar-refractivity contribution in [2.45, 2.75) is 59.5 Å². The maximum atomic E-state index is 14.5. The van der Waals surface area contributed by atoms with E-state index in [0.717, 1.165) is 6.20 Å². The number of likely N-dealkylation sites (N-methyl/N-ethyl adjacent to an activating group) is 1. The average molecular weight is 570 g/mol. The third kappa shape index (κ3) is 7.77. The first kappa shape index (κ1) is 31.0. The van der Waals surface area contributed by atoms with Crippen molar-refractivity contribution >= 4 is 34.6 Å². The number of aromatic amines is 1. The van der Waals surface area contributed by atoms with E-state index >= 15 is 0 Å². The monoisotopic (exact) mass is 569 g/mol. The fourth-order valence-corrected chi connectivity index (χ4v) is 4.24. The maximum absolute atomic E-state index is 14.5. The number of nitrogens with zero attached hydrogens (tertiary/aromatic N) is 4. The number of carbonyl (C=O) groups excluding carboxylic acids is 2. The van der Waals surface area contributed by atoms with Gasteiger partial charge in [-0.3, -0.25) is 19.4 Å². The lowest BCUT2D eigenvalue weighted by atomic mass is 10.1. The van der Waals surface area contributed by atoms with Crippen molar-refractivity contribution in [2.24, 2.45) is 5.92 Å². The molecule has 4 N–H and O–H groups in total. The summed E-state index contributed by atoms with van der Waals surface area (Å²) in [5.41, 5.74) is 2.02. The van der Waals surface area contributed by atoms with Gasteiger partial charge in [0.2, 0.25) is 11.8 Å². The minimum Gasteiger partial charge on any atom is -0.465 e. The van der Waals surface area contributed by atoms with Crippen LogP contribution in [0.3, 0.4) is 0 Å². The summed E-state index contributed by atoms with van der Waals surface area (Å²) in [6.07, 6.45) is 3.54. The summed E-state index contributed by atoms with van der Waals surface area (Å²) in [5, 5.41) is 13.9. The van der Waals surface area contributed by atoms with Crippen LogP contribution in [0.25, 0.3) is 11.0 Å². The molecule has 3 rings (SSSR count). The van der Waals surface area contributed by atoms with Crippen molar-refractivity contribution in [3.8, 4) is 0 Å². The summed E-state index contributed by atoms with van der Waals surface area (Å²) in [5.74, 6) is -0.912. The van der Waals surface area contributed by atoms with Crippen LogP contribution in [0.1, 0.15) is 49.5 Å². The molecule has 0 aliphatic heterocycles. The minimum atomic E-state index is -1.40. The van der Waals surface area contributed by atoms with Crippen molar-refractivity contribution in [1.82, 2.24) is 29.7 Å². The standard InChI is InChI=1S/C28H36FN7O5/c1-15(2)11-20-25-24(18(29)13-30-20)33-22(34-25)14-36-17(4)16(3)12-21(27(36)39)31-26(38)19(32-28(40)41)9-7-8-10-23(37)35(5)6/h8,10,12-13,15,19,32H,7,9,11,14H2,1-6H3,(H,31,38)(H,33,34)(H,40,41)/b10-8+/t19-/m0/s1.